The first-order valence-electron chi connectivity index (χ1n) is 7.94. The van der Waals surface area contributed by atoms with Gasteiger partial charge in [0.1, 0.15) is 17.2 Å². The molecule has 0 unspecified atom stereocenters. The minimum absolute atomic E-state index is 0.115. The van der Waals surface area contributed by atoms with Gasteiger partial charge in [0.2, 0.25) is 0 Å². The maximum Gasteiger partial charge on any atom is 0.343 e. The van der Waals surface area contributed by atoms with Gasteiger partial charge in [0.15, 0.2) is 0 Å². The second-order valence-corrected chi connectivity index (χ2v) is 6.27. The molecule has 27 heavy (non-hydrogen) atoms. The molecule has 0 N–H and O–H groups in total. The van der Waals surface area contributed by atoms with Crippen LogP contribution in [0.25, 0.3) is 0 Å². The van der Waals surface area contributed by atoms with Gasteiger partial charge in [0.05, 0.1) is 15.4 Å². The molecule has 0 saturated heterocycles. The van der Waals surface area contributed by atoms with Crippen molar-refractivity contribution in [3.63, 3.8) is 0 Å². The molecule has 136 valence electrons. The van der Waals surface area contributed by atoms with Gasteiger partial charge in [-0.15, -0.1) is 11.8 Å². The van der Waals surface area contributed by atoms with Crippen molar-refractivity contribution in [2.45, 2.75) is 4.90 Å². The van der Waals surface area contributed by atoms with E-state index in [0.29, 0.717) is 22.1 Å². The maximum atomic E-state index is 12.3. The van der Waals surface area contributed by atoms with E-state index in [-0.39, 0.29) is 11.3 Å². The Morgan fingerprint density at radius 1 is 0.926 bits per heavy atom. The highest BCUT2D eigenvalue weighted by Gasteiger charge is 2.18. The van der Waals surface area contributed by atoms with Gasteiger partial charge in [-0.3, -0.25) is 10.1 Å². The number of esters is 1. The number of hydrogen-bond acceptors (Lipinski definition) is 6. The van der Waals surface area contributed by atoms with Crippen molar-refractivity contribution in [2.24, 2.45) is 0 Å². The van der Waals surface area contributed by atoms with E-state index in [1.165, 1.54) is 30.0 Å². The summed E-state index contributed by atoms with van der Waals surface area (Å²) in [4.78, 5) is 23.4. The van der Waals surface area contributed by atoms with E-state index in [2.05, 4.69) is 0 Å². The van der Waals surface area contributed by atoms with Crippen LogP contribution in [0.4, 0.5) is 5.69 Å². The van der Waals surface area contributed by atoms with E-state index in [1.54, 1.807) is 30.5 Å². The third-order valence-electron chi connectivity index (χ3n) is 3.62. The van der Waals surface area contributed by atoms with Crippen molar-refractivity contribution in [1.82, 2.24) is 0 Å². The highest BCUT2D eigenvalue weighted by atomic mass is 32.2. The summed E-state index contributed by atoms with van der Waals surface area (Å²) in [7, 11) is 0. The molecular weight excluding hydrogens is 366 g/mol. The van der Waals surface area contributed by atoms with Crippen molar-refractivity contribution in [3.8, 4) is 17.2 Å². The van der Waals surface area contributed by atoms with Crippen LogP contribution in [-0.2, 0) is 0 Å². The summed E-state index contributed by atoms with van der Waals surface area (Å²) in [6.45, 7) is 0. The second-order valence-electron chi connectivity index (χ2n) is 5.42. The Labute approximate surface area is 159 Å². The third-order valence-corrected chi connectivity index (χ3v) is 4.41. The number of hydrogen-bond donors (Lipinski definition) is 0. The molecule has 0 fully saturated rings. The number of benzene rings is 3. The van der Waals surface area contributed by atoms with E-state index < -0.39 is 10.9 Å². The Kier molecular flexibility index (Phi) is 5.73. The summed E-state index contributed by atoms with van der Waals surface area (Å²) >= 11 is 1.24. The number of ether oxygens (including phenoxy) is 2. The summed E-state index contributed by atoms with van der Waals surface area (Å²) < 4.78 is 11.0. The van der Waals surface area contributed by atoms with Crippen LogP contribution >= 0.6 is 11.8 Å². The lowest BCUT2D eigenvalue weighted by Crippen LogP contribution is -2.09. The Hall–Kier alpha value is -3.32. The number of nitro groups is 1. The molecule has 6 nitrogen and oxygen atoms in total. The number of nitrogens with zero attached hydrogens (tertiary/aromatic N) is 1. The van der Waals surface area contributed by atoms with Gasteiger partial charge in [0.25, 0.3) is 5.69 Å². The van der Waals surface area contributed by atoms with Crippen molar-refractivity contribution < 1.29 is 19.2 Å². The summed E-state index contributed by atoms with van der Waals surface area (Å²) in [6.07, 6.45) is 1.74. The quantitative estimate of drug-likeness (QED) is 0.189. The monoisotopic (exact) mass is 381 g/mol. The predicted molar refractivity (Wildman–Crippen MR) is 103 cm³/mol. The Morgan fingerprint density at radius 3 is 2.19 bits per heavy atom. The van der Waals surface area contributed by atoms with E-state index in [9.17, 15) is 14.9 Å². The van der Waals surface area contributed by atoms with Crippen molar-refractivity contribution >= 4 is 23.4 Å². The Bertz CT molecular complexity index is 958. The van der Waals surface area contributed by atoms with E-state index in [0.717, 1.165) is 0 Å². The molecule has 3 aromatic carbocycles. The van der Waals surface area contributed by atoms with Crippen LogP contribution in [0.5, 0.6) is 17.2 Å². The van der Waals surface area contributed by atoms with Crippen molar-refractivity contribution in [1.29, 1.82) is 0 Å². The zero-order chi connectivity index (χ0) is 19.2. The van der Waals surface area contributed by atoms with Gasteiger partial charge in [-0.1, -0.05) is 18.2 Å². The van der Waals surface area contributed by atoms with Crippen molar-refractivity contribution in [2.75, 3.05) is 6.26 Å². The maximum absolute atomic E-state index is 12.3. The predicted octanol–water partition coefficient (Wildman–Crippen LogP) is 5.33. The van der Waals surface area contributed by atoms with Crippen LogP contribution in [0.1, 0.15) is 10.4 Å². The molecule has 0 heterocycles. The molecule has 0 aromatic heterocycles. The lowest BCUT2D eigenvalue weighted by molar-refractivity contribution is -0.387. The van der Waals surface area contributed by atoms with Crippen LogP contribution in [0.2, 0.25) is 0 Å². The first-order valence-corrected chi connectivity index (χ1v) is 9.17. The highest BCUT2D eigenvalue weighted by molar-refractivity contribution is 7.98. The van der Waals surface area contributed by atoms with E-state index in [1.807, 2.05) is 30.3 Å². The van der Waals surface area contributed by atoms with Gasteiger partial charge in [-0.05, 0) is 54.8 Å². The number of thioether (sulfide) groups is 1. The summed E-state index contributed by atoms with van der Waals surface area (Å²) in [5.41, 5.74) is -0.00679. The largest absolute Gasteiger partial charge is 0.457 e. The van der Waals surface area contributed by atoms with Crippen LogP contribution in [0, 0.1) is 10.1 Å². The SMILES string of the molecule is CSc1ccc(C(=O)Oc2ccc(Oc3ccccc3)cc2)cc1[N+](=O)[O-]. The Balaban J connectivity index is 1.71. The minimum Gasteiger partial charge on any atom is -0.457 e. The molecule has 0 amide bonds. The first kappa shape index (κ1) is 18.5. The van der Waals surface area contributed by atoms with Gasteiger partial charge >= 0.3 is 5.97 Å². The smallest absolute Gasteiger partial charge is 0.343 e. The number of carbonyl (C=O) groups excluding carboxylic acids is 1. The highest BCUT2D eigenvalue weighted by Crippen LogP contribution is 2.29. The molecule has 0 aliphatic rings. The van der Waals surface area contributed by atoms with Crippen LogP contribution in [0.3, 0.4) is 0 Å². The van der Waals surface area contributed by atoms with E-state index >= 15 is 0 Å². The fourth-order valence-electron chi connectivity index (χ4n) is 2.33. The zero-order valence-corrected chi connectivity index (χ0v) is 15.1. The molecule has 0 radical (unpaired) electrons. The van der Waals surface area contributed by atoms with Gasteiger partial charge < -0.3 is 9.47 Å². The van der Waals surface area contributed by atoms with Gasteiger partial charge in [0, 0.05) is 6.07 Å². The molecule has 0 atom stereocenters. The number of nitro benzene ring substituents is 1. The third kappa shape index (κ3) is 4.65. The molecule has 0 bridgehead atoms. The first-order chi connectivity index (χ1) is 13.1. The van der Waals surface area contributed by atoms with Gasteiger partial charge in [-0.2, -0.15) is 0 Å². The molecule has 7 heteroatoms. The number of para-hydroxylation sites is 1. The fraction of sp³-hybridized carbons (Fsp3) is 0.0500. The van der Waals surface area contributed by atoms with Crippen LogP contribution in [0.15, 0.2) is 77.7 Å². The molecule has 0 aliphatic carbocycles. The molecule has 0 spiro atoms. The lowest BCUT2D eigenvalue weighted by atomic mass is 10.2. The van der Waals surface area contributed by atoms with Gasteiger partial charge in [-0.25, -0.2) is 4.79 Å². The van der Waals surface area contributed by atoms with E-state index in [4.69, 9.17) is 9.47 Å². The van der Waals surface area contributed by atoms with Crippen LogP contribution < -0.4 is 9.47 Å². The molecule has 3 rings (SSSR count). The second kappa shape index (κ2) is 8.37. The molecule has 0 aliphatic heterocycles. The average Bonchev–Trinajstić information content (AvgIpc) is 2.69. The Morgan fingerprint density at radius 2 is 1.56 bits per heavy atom. The summed E-state index contributed by atoms with van der Waals surface area (Å²) in [5.74, 6) is 0.948. The summed E-state index contributed by atoms with van der Waals surface area (Å²) in [5, 5.41) is 11.1. The van der Waals surface area contributed by atoms with Crippen molar-refractivity contribution in [3.05, 3.63) is 88.5 Å². The standard InChI is InChI=1S/C20H15NO5S/c1-27-19-12-7-14(13-18(19)21(23)24)20(22)26-17-10-8-16(9-11-17)25-15-5-3-2-4-6-15/h2-13H,1H3. The summed E-state index contributed by atoms with van der Waals surface area (Å²) in [6, 6.07) is 20.1. The average molecular weight is 381 g/mol. The topological polar surface area (TPSA) is 78.7 Å². The molecule has 0 saturated carbocycles. The molecular formula is C20H15NO5S. The molecule has 3 aromatic rings. The zero-order valence-electron chi connectivity index (χ0n) is 14.3. The van der Waals surface area contributed by atoms with Crippen LogP contribution in [-0.4, -0.2) is 17.1 Å². The minimum atomic E-state index is -0.664. The normalized spacial score (nSPS) is 10.3. The lowest BCUT2D eigenvalue weighted by Gasteiger charge is -2.08. The number of rotatable bonds is 6. The fourth-order valence-corrected chi connectivity index (χ4v) is 2.87. The number of carbonyl (C=O) groups is 1.